The Morgan fingerprint density at radius 3 is 2.32 bits per heavy atom. The fraction of sp³-hybridized carbons (Fsp3) is 0.381. The average molecular weight is 401 g/mol. The van der Waals surface area contributed by atoms with E-state index in [-0.39, 0.29) is 11.8 Å². The van der Waals surface area contributed by atoms with Crippen molar-refractivity contribution in [2.75, 3.05) is 25.9 Å². The lowest BCUT2D eigenvalue weighted by Crippen LogP contribution is -2.45. The number of rotatable bonds is 4. The molecule has 0 saturated carbocycles. The van der Waals surface area contributed by atoms with Gasteiger partial charge >= 0.3 is 0 Å². The lowest BCUT2D eigenvalue weighted by molar-refractivity contribution is -0.133. The summed E-state index contributed by atoms with van der Waals surface area (Å²) in [7, 11) is -3.23. The van der Waals surface area contributed by atoms with Crippen molar-refractivity contribution in [3.63, 3.8) is 0 Å². The van der Waals surface area contributed by atoms with Crippen LogP contribution in [0.1, 0.15) is 29.9 Å². The van der Waals surface area contributed by atoms with Crippen LogP contribution in [0, 0.1) is 5.92 Å². The maximum atomic E-state index is 13.6. The zero-order valence-electron chi connectivity index (χ0n) is 15.8. The second kappa shape index (κ2) is 7.56. The summed E-state index contributed by atoms with van der Waals surface area (Å²) >= 11 is 0. The number of nitrogens with zero attached hydrogens (tertiary/aromatic N) is 1. The summed E-state index contributed by atoms with van der Waals surface area (Å²) in [6.45, 7) is 1.61. The molecule has 0 aromatic heterocycles. The predicted molar refractivity (Wildman–Crippen MR) is 107 cm³/mol. The third-order valence-electron chi connectivity index (χ3n) is 5.39. The number of hydrogen-bond donors (Lipinski definition) is 1. The monoisotopic (exact) mass is 400 g/mol. The molecule has 0 spiro atoms. The molecule has 148 valence electrons. The smallest absolute Gasteiger partial charge is 0.234 e. The van der Waals surface area contributed by atoms with Crippen LogP contribution < -0.4 is 9.46 Å². The number of fused-ring (bicyclic) bond motifs is 2. The van der Waals surface area contributed by atoms with Gasteiger partial charge in [0.1, 0.15) is 11.5 Å². The molecule has 4 rings (SSSR count). The van der Waals surface area contributed by atoms with Crippen molar-refractivity contribution in [1.82, 2.24) is 9.62 Å². The van der Waals surface area contributed by atoms with E-state index in [4.69, 9.17) is 4.74 Å². The number of sulfonamides is 1. The Bertz CT molecular complexity index is 944. The summed E-state index contributed by atoms with van der Waals surface area (Å²) in [4.78, 5) is 15.4. The summed E-state index contributed by atoms with van der Waals surface area (Å²) in [6.07, 6.45) is 2.94. The Labute approximate surface area is 165 Å². The highest BCUT2D eigenvalue weighted by Gasteiger charge is 2.36. The lowest BCUT2D eigenvalue weighted by Gasteiger charge is -2.37. The number of nitrogens with one attached hydrogen (secondary N) is 1. The SMILES string of the molecule is CS(=O)(=O)NC[C@@H]1CCCN(C(=O)C2c3ccccc3Oc3ccccc32)C1. The molecule has 2 aromatic carbocycles. The van der Waals surface area contributed by atoms with Gasteiger partial charge < -0.3 is 9.64 Å². The first kappa shape index (κ1) is 19.0. The molecule has 28 heavy (non-hydrogen) atoms. The van der Waals surface area contributed by atoms with E-state index in [1.807, 2.05) is 53.4 Å². The van der Waals surface area contributed by atoms with E-state index in [1.165, 1.54) is 0 Å². The Hall–Kier alpha value is -2.38. The first-order valence-corrected chi connectivity index (χ1v) is 11.4. The highest BCUT2D eigenvalue weighted by atomic mass is 32.2. The summed E-state index contributed by atoms with van der Waals surface area (Å²) in [5.74, 6) is 1.20. The third kappa shape index (κ3) is 3.91. The van der Waals surface area contributed by atoms with Crippen LogP contribution in [0.2, 0.25) is 0 Å². The maximum Gasteiger partial charge on any atom is 0.234 e. The van der Waals surface area contributed by atoms with Crippen molar-refractivity contribution in [2.24, 2.45) is 5.92 Å². The molecular weight excluding hydrogens is 376 g/mol. The number of amides is 1. The minimum atomic E-state index is -3.23. The van der Waals surface area contributed by atoms with Crippen molar-refractivity contribution >= 4 is 15.9 Å². The molecular formula is C21H24N2O4S. The van der Waals surface area contributed by atoms with E-state index in [0.29, 0.717) is 31.1 Å². The predicted octanol–water partition coefficient (Wildman–Crippen LogP) is 2.71. The number of ether oxygens (including phenoxy) is 1. The molecule has 1 N–H and O–H groups in total. The molecule has 0 bridgehead atoms. The fourth-order valence-electron chi connectivity index (χ4n) is 4.06. The number of para-hydroxylation sites is 2. The molecule has 1 fully saturated rings. The van der Waals surface area contributed by atoms with Crippen molar-refractivity contribution in [3.8, 4) is 11.5 Å². The van der Waals surface area contributed by atoms with E-state index in [0.717, 1.165) is 30.2 Å². The van der Waals surface area contributed by atoms with Crippen LogP contribution in [0.3, 0.4) is 0 Å². The van der Waals surface area contributed by atoms with E-state index in [1.54, 1.807) is 0 Å². The normalized spacial score (nSPS) is 19.5. The van der Waals surface area contributed by atoms with Crippen LogP contribution in [0.4, 0.5) is 0 Å². The van der Waals surface area contributed by atoms with Gasteiger partial charge in [-0.15, -0.1) is 0 Å². The van der Waals surface area contributed by atoms with E-state index in [2.05, 4.69) is 4.72 Å². The van der Waals surface area contributed by atoms with Gasteiger partial charge in [0.15, 0.2) is 0 Å². The Morgan fingerprint density at radius 2 is 1.71 bits per heavy atom. The molecule has 1 saturated heterocycles. The number of piperidine rings is 1. The number of carbonyl (C=O) groups is 1. The lowest BCUT2D eigenvalue weighted by atomic mass is 9.86. The first-order valence-electron chi connectivity index (χ1n) is 9.51. The van der Waals surface area contributed by atoms with Crippen LogP contribution in [0.15, 0.2) is 48.5 Å². The van der Waals surface area contributed by atoms with Crippen molar-refractivity contribution in [1.29, 1.82) is 0 Å². The minimum Gasteiger partial charge on any atom is -0.457 e. The second-order valence-electron chi connectivity index (χ2n) is 7.52. The topological polar surface area (TPSA) is 75.7 Å². The average Bonchev–Trinajstić information content (AvgIpc) is 2.69. The van der Waals surface area contributed by atoms with Crippen molar-refractivity contribution in [3.05, 3.63) is 59.7 Å². The van der Waals surface area contributed by atoms with E-state index >= 15 is 0 Å². The largest absolute Gasteiger partial charge is 0.457 e. The fourth-order valence-corrected chi connectivity index (χ4v) is 4.60. The van der Waals surface area contributed by atoms with Gasteiger partial charge in [0.05, 0.1) is 12.2 Å². The molecule has 2 heterocycles. The quantitative estimate of drug-likeness (QED) is 0.856. The molecule has 0 aliphatic carbocycles. The van der Waals surface area contributed by atoms with Crippen LogP contribution in [-0.2, 0) is 14.8 Å². The zero-order chi connectivity index (χ0) is 19.7. The summed E-state index contributed by atoms with van der Waals surface area (Å²) in [6, 6.07) is 15.3. The minimum absolute atomic E-state index is 0.0484. The summed E-state index contributed by atoms with van der Waals surface area (Å²) < 4.78 is 31.4. The van der Waals surface area contributed by atoms with Crippen LogP contribution in [-0.4, -0.2) is 45.1 Å². The number of carbonyl (C=O) groups excluding carboxylic acids is 1. The highest BCUT2D eigenvalue weighted by Crippen LogP contribution is 2.44. The molecule has 2 aliphatic heterocycles. The van der Waals surface area contributed by atoms with Gasteiger partial charge in [0.25, 0.3) is 0 Å². The van der Waals surface area contributed by atoms with Crippen molar-refractivity contribution in [2.45, 2.75) is 18.8 Å². The second-order valence-corrected chi connectivity index (χ2v) is 9.36. The van der Waals surface area contributed by atoms with Gasteiger partial charge in [-0.05, 0) is 30.9 Å². The zero-order valence-corrected chi connectivity index (χ0v) is 16.6. The molecule has 6 nitrogen and oxygen atoms in total. The van der Waals surface area contributed by atoms with Gasteiger partial charge in [0.2, 0.25) is 15.9 Å². The van der Waals surface area contributed by atoms with E-state index < -0.39 is 15.9 Å². The van der Waals surface area contributed by atoms with Gasteiger partial charge in [-0.3, -0.25) is 4.79 Å². The Balaban J connectivity index is 1.59. The Morgan fingerprint density at radius 1 is 1.11 bits per heavy atom. The van der Waals surface area contributed by atoms with E-state index in [9.17, 15) is 13.2 Å². The van der Waals surface area contributed by atoms with Gasteiger partial charge in [0, 0.05) is 30.8 Å². The van der Waals surface area contributed by atoms with Crippen LogP contribution >= 0.6 is 0 Å². The number of likely N-dealkylation sites (tertiary alicyclic amines) is 1. The summed E-state index contributed by atoms with van der Waals surface area (Å²) in [5.41, 5.74) is 1.75. The van der Waals surface area contributed by atoms with Gasteiger partial charge in [-0.1, -0.05) is 36.4 Å². The molecule has 7 heteroatoms. The Kier molecular flexibility index (Phi) is 5.12. The summed E-state index contributed by atoms with van der Waals surface area (Å²) in [5, 5.41) is 0. The molecule has 2 aliphatic rings. The molecule has 0 unspecified atom stereocenters. The first-order chi connectivity index (χ1) is 13.4. The maximum absolute atomic E-state index is 13.6. The highest BCUT2D eigenvalue weighted by molar-refractivity contribution is 7.88. The van der Waals surface area contributed by atoms with Crippen molar-refractivity contribution < 1.29 is 17.9 Å². The van der Waals surface area contributed by atoms with Gasteiger partial charge in [-0.2, -0.15) is 0 Å². The molecule has 1 atom stereocenters. The molecule has 0 radical (unpaired) electrons. The molecule has 2 aromatic rings. The number of benzene rings is 2. The van der Waals surface area contributed by atoms with Crippen LogP contribution in [0.5, 0.6) is 11.5 Å². The van der Waals surface area contributed by atoms with Crippen LogP contribution in [0.25, 0.3) is 0 Å². The standard InChI is InChI=1S/C21H24N2O4S/c1-28(25,26)22-13-15-7-6-12-23(14-15)21(24)20-16-8-2-4-10-18(16)27-19-11-5-3-9-17(19)20/h2-5,8-11,15,20,22H,6-7,12-14H2,1H3/t15-/m0/s1. The third-order valence-corrected chi connectivity index (χ3v) is 6.08. The van der Waals surface area contributed by atoms with Gasteiger partial charge in [-0.25, -0.2) is 13.1 Å². The number of hydrogen-bond acceptors (Lipinski definition) is 4. The molecule has 1 amide bonds.